The monoisotopic (exact) mass is 630 g/mol. The summed E-state index contributed by atoms with van der Waals surface area (Å²) in [4.78, 5) is 14.9. The molecule has 1 saturated heterocycles. The van der Waals surface area contributed by atoms with Gasteiger partial charge in [-0.2, -0.15) is 0 Å². The number of nitrogens with zero attached hydrogens (tertiary/aromatic N) is 1. The molecule has 1 heterocycles. The van der Waals surface area contributed by atoms with E-state index in [1.54, 1.807) is 18.2 Å². The van der Waals surface area contributed by atoms with Crippen molar-refractivity contribution in [3.8, 4) is 5.75 Å². The van der Waals surface area contributed by atoms with Crippen LogP contribution in [0.1, 0.15) is 58.3 Å². The molecule has 2 aliphatic rings. The highest BCUT2D eigenvalue weighted by Gasteiger charge is 2.25. The van der Waals surface area contributed by atoms with Crippen LogP contribution in [0, 0.1) is 0 Å². The van der Waals surface area contributed by atoms with E-state index >= 15 is 0 Å². The van der Waals surface area contributed by atoms with Crippen LogP contribution in [0.4, 0.5) is 4.39 Å². The highest BCUT2D eigenvalue weighted by Crippen LogP contribution is 2.42. The van der Waals surface area contributed by atoms with Gasteiger partial charge in [0, 0.05) is 35.2 Å². The number of amides is 1. The number of alkyl halides is 1. The smallest absolute Gasteiger partial charge is 0.264 e. The molecular weight excluding hydrogens is 598 g/mol. The molecule has 5 rings (SSSR count). The molecule has 1 fully saturated rings. The Labute approximate surface area is 256 Å². The molecule has 3 aromatic carbocycles. The highest BCUT2D eigenvalue weighted by atomic mass is 35.5. The summed E-state index contributed by atoms with van der Waals surface area (Å²) in [6.45, 7) is 2.13. The zero-order valence-electron chi connectivity index (χ0n) is 23.3. The number of ether oxygens (including phenoxy) is 1. The number of hydrogen-bond donors (Lipinski definition) is 1. The Balaban J connectivity index is 1.51. The number of allylic oxidation sites excluding steroid dienone is 1. The lowest BCUT2D eigenvalue weighted by Gasteiger charge is -2.19. The molecule has 0 aromatic heterocycles. The van der Waals surface area contributed by atoms with E-state index in [0.29, 0.717) is 22.9 Å². The van der Waals surface area contributed by atoms with Crippen LogP contribution in [0.5, 0.6) is 5.75 Å². The molecule has 0 bridgehead atoms. The summed E-state index contributed by atoms with van der Waals surface area (Å²) in [5.41, 5.74) is 6.11. The summed E-state index contributed by atoms with van der Waals surface area (Å²) in [7, 11) is -3.69. The molecule has 42 heavy (non-hydrogen) atoms. The number of carbonyl (C=O) groups is 1. The molecule has 1 atom stereocenters. The zero-order valence-corrected chi connectivity index (χ0v) is 25.7. The molecule has 1 N–H and O–H groups in total. The fraction of sp³-hybridized carbons (Fsp3) is 0.344. The maximum atomic E-state index is 12.6. The van der Waals surface area contributed by atoms with Gasteiger partial charge in [0.15, 0.2) is 0 Å². The van der Waals surface area contributed by atoms with Crippen molar-refractivity contribution in [1.29, 1.82) is 0 Å². The Morgan fingerprint density at radius 1 is 1.05 bits per heavy atom. The summed E-state index contributed by atoms with van der Waals surface area (Å²) in [5, 5.41) is 1.11. The first-order valence-corrected chi connectivity index (χ1v) is 16.7. The quantitative estimate of drug-likeness (QED) is 0.282. The van der Waals surface area contributed by atoms with E-state index in [2.05, 4.69) is 9.62 Å². The van der Waals surface area contributed by atoms with E-state index in [1.807, 2.05) is 42.5 Å². The van der Waals surface area contributed by atoms with Crippen LogP contribution in [-0.4, -0.2) is 57.9 Å². The third-order valence-corrected chi connectivity index (χ3v) is 8.73. The van der Waals surface area contributed by atoms with Gasteiger partial charge in [-0.15, -0.1) is 0 Å². The lowest BCUT2D eigenvalue weighted by Crippen LogP contribution is -2.29. The summed E-state index contributed by atoms with van der Waals surface area (Å²) in [5.74, 6) is 0.108. The summed E-state index contributed by atoms with van der Waals surface area (Å²) >= 11 is 12.9. The number of aryl methyl sites for hydroxylation is 1. The van der Waals surface area contributed by atoms with Crippen molar-refractivity contribution in [1.82, 2.24) is 9.62 Å². The summed E-state index contributed by atoms with van der Waals surface area (Å²) < 4.78 is 44.2. The van der Waals surface area contributed by atoms with Crippen LogP contribution in [0.3, 0.4) is 0 Å². The van der Waals surface area contributed by atoms with Crippen molar-refractivity contribution in [3.05, 3.63) is 98.5 Å². The third kappa shape index (κ3) is 7.35. The predicted molar refractivity (Wildman–Crippen MR) is 167 cm³/mol. The Hall–Kier alpha value is -2.91. The first kappa shape index (κ1) is 30.5. The van der Waals surface area contributed by atoms with Crippen molar-refractivity contribution in [2.24, 2.45) is 0 Å². The fourth-order valence-electron chi connectivity index (χ4n) is 5.76. The van der Waals surface area contributed by atoms with E-state index in [1.165, 1.54) is 0 Å². The summed E-state index contributed by atoms with van der Waals surface area (Å²) in [6.07, 6.45) is 4.72. The number of rotatable bonds is 9. The van der Waals surface area contributed by atoms with Crippen LogP contribution >= 0.6 is 23.2 Å². The Morgan fingerprint density at radius 2 is 1.81 bits per heavy atom. The second kappa shape index (κ2) is 13.2. The average molecular weight is 632 g/mol. The standard InChI is InChI=1S/C32H33Cl2FN2O4S/c1-42(39,40)36-32(38)23-8-12-27-22(18-23)4-2-5-29(28-13-9-24(33)19-30(28)34)31(27)21-6-10-25(11-7-21)41-26-14-17-37(20-26)16-3-15-35/h6-13,18-19,26H,2-5,14-17,20H2,1H3,(H,36,38)/t26-/m0/s1. The largest absolute Gasteiger partial charge is 0.489 e. The van der Waals surface area contributed by atoms with Gasteiger partial charge in [-0.3, -0.25) is 14.1 Å². The van der Waals surface area contributed by atoms with E-state index in [9.17, 15) is 17.6 Å². The molecule has 3 aromatic rings. The predicted octanol–water partition coefficient (Wildman–Crippen LogP) is 6.79. The molecule has 0 unspecified atom stereocenters. The van der Waals surface area contributed by atoms with E-state index < -0.39 is 15.9 Å². The zero-order chi connectivity index (χ0) is 29.9. The second-order valence-corrected chi connectivity index (χ2v) is 13.4. The van der Waals surface area contributed by atoms with Gasteiger partial charge in [-0.05, 0) is 102 Å². The van der Waals surface area contributed by atoms with Crippen LogP contribution in [0.2, 0.25) is 10.0 Å². The Bertz CT molecular complexity index is 1610. The van der Waals surface area contributed by atoms with E-state index in [0.717, 1.165) is 84.3 Å². The van der Waals surface area contributed by atoms with Gasteiger partial charge in [-0.25, -0.2) is 13.1 Å². The first-order valence-electron chi connectivity index (χ1n) is 14.0. The van der Waals surface area contributed by atoms with Crippen molar-refractivity contribution >= 4 is 50.3 Å². The van der Waals surface area contributed by atoms with Crippen LogP contribution in [-0.2, 0) is 16.4 Å². The Morgan fingerprint density at radius 3 is 2.52 bits per heavy atom. The lowest BCUT2D eigenvalue weighted by atomic mass is 9.87. The van der Waals surface area contributed by atoms with Crippen molar-refractivity contribution in [2.45, 2.75) is 38.2 Å². The van der Waals surface area contributed by atoms with Crippen LogP contribution < -0.4 is 9.46 Å². The molecule has 6 nitrogen and oxygen atoms in total. The fourth-order valence-corrected chi connectivity index (χ4v) is 6.74. The first-order chi connectivity index (χ1) is 20.1. The topological polar surface area (TPSA) is 75.7 Å². The number of benzene rings is 3. The van der Waals surface area contributed by atoms with Crippen LogP contribution in [0.15, 0.2) is 60.7 Å². The van der Waals surface area contributed by atoms with E-state index in [-0.39, 0.29) is 18.3 Å². The minimum absolute atomic E-state index is 0.0632. The highest BCUT2D eigenvalue weighted by molar-refractivity contribution is 7.89. The number of halogens is 3. The number of nitrogens with one attached hydrogen (secondary N) is 1. The normalized spacial score (nSPS) is 17.6. The molecular formula is C32H33Cl2FN2O4S. The number of likely N-dealkylation sites (tertiary alicyclic amines) is 1. The van der Waals surface area contributed by atoms with Gasteiger partial charge in [0.25, 0.3) is 5.91 Å². The minimum atomic E-state index is -3.69. The second-order valence-electron chi connectivity index (χ2n) is 10.8. The van der Waals surface area contributed by atoms with Gasteiger partial charge in [0.2, 0.25) is 10.0 Å². The molecule has 1 amide bonds. The van der Waals surface area contributed by atoms with E-state index in [4.69, 9.17) is 27.9 Å². The average Bonchev–Trinajstić information content (AvgIpc) is 3.30. The Kier molecular flexibility index (Phi) is 9.57. The number of hydrogen-bond acceptors (Lipinski definition) is 5. The van der Waals surface area contributed by atoms with Gasteiger partial charge in [0.05, 0.1) is 12.9 Å². The third-order valence-electron chi connectivity index (χ3n) is 7.63. The van der Waals surface area contributed by atoms with Crippen LogP contribution in [0.25, 0.3) is 11.1 Å². The molecule has 0 saturated carbocycles. The van der Waals surface area contributed by atoms with Crippen molar-refractivity contribution in [3.63, 3.8) is 0 Å². The lowest BCUT2D eigenvalue weighted by molar-refractivity contribution is 0.0981. The maximum absolute atomic E-state index is 12.6. The maximum Gasteiger partial charge on any atom is 0.264 e. The van der Waals surface area contributed by atoms with Crippen molar-refractivity contribution in [2.75, 3.05) is 32.6 Å². The SMILES string of the molecule is CS(=O)(=O)NC(=O)c1ccc2c(c1)CCCC(c1ccc(Cl)cc1Cl)=C2c1ccc(O[C@H]2CCN(CCCF)C2)cc1. The van der Waals surface area contributed by atoms with Gasteiger partial charge < -0.3 is 4.74 Å². The molecule has 1 aliphatic carbocycles. The molecule has 0 radical (unpaired) electrons. The minimum Gasteiger partial charge on any atom is -0.489 e. The molecule has 0 spiro atoms. The summed E-state index contributed by atoms with van der Waals surface area (Å²) in [6, 6.07) is 18.8. The molecule has 1 aliphatic heterocycles. The molecule has 222 valence electrons. The van der Waals surface area contributed by atoms with Gasteiger partial charge in [-0.1, -0.05) is 47.5 Å². The van der Waals surface area contributed by atoms with Gasteiger partial charge >= 0.3 is 0 Å². The molecule has 10 heteroatoms. The number of sulfonamides is 1. The number of carbonyl (C=O) groups excluding carboxylic acids is 1. The van der Waals surface area contributed by atoms with Crippen molar-refractivity contribution < 1.29 is 22.3 Å². The van der Waals surface area contributed by atoms with Gasteiger partial charge in [0.1, 0.15) is 11.9 Å². The number of fused-ring (bicyclic) bond motifs is 1.